The van der Waals surface area contributed by atoms with Crippen LogP contribution in [-0.2, 0) is 19.1 Å². The van der Waals surface area contributed by atoms with Gasteiger partial charge in [0.25, 0.3) is 0 Å². The summed E-state index contributed by atoms with van der Waals surface area (Å²) in [5, 5.41) is 0.938. The summed E-state index contributed by atoms with van der Waals surface area (Å²) in [4.78, 5) is 35.9. The third-order valence-corrected chi connectivity index (χ3v) is 7.04. The molecule has 4 aliphatic rings. The molecule has 10 heteroatoms. The van der Waals surface area contributed by atoms with Crippen LogP contribution in [0.15, 0.2) is 46.9 Å². The van der Waals surface area contributed by atoms with Crippen molar-refractivity contribution in [3.05, 3.63) is 52.5 Å². The second kappa shape index (κ2) is 9.38. The van der Waals surface area contributed by atoms with E-state index in [-0.39, 0.29) is 23.7 Å². The van der Waals surface area contributed by atoms with Crippen molar-refractivity contribution in [2.75, 3.05) is 44.4 Å². The second-order valence-electron chi connectivity index (χ2n) is 8.64. The van der Waals surface area contributed by atoms with Crippen molar-refractivity contribution in [2.24, 2.45) is 10.9 Å². The Morgan fingerprint density at radius 1 is 1.21 bits per heavy atom. The zero-order valence-electron chi connectivity index (χ0n) is 18.8. The van der Waals surface area contributed by atoms with Crippen LogP contribution in [0.2, 0.25) is 5.02 Å². The van der Waals surface area contributed by atoms with Crippen molar-refractivity contribution >= 4 is 52.1 Å². The van der Waals surface area contributed by atoms with Crippen molar-refractivity contribution in [1.29, 1.82) is 0 Å². The van der Waals surface area contributed by atoms with Crippen molar-refractivity contribution in [3.63, 3.8) is 0 Å². The van der Waals surface area contributed by atoms with Crippen LogP contribution in [-0.4, -0.2) is 72.0 Å². The zero-order chi connectivity index (χ0) is 23.8. The minimum Gasteiger partial charge on any atom is -0.454 e. The third-order valence-electron chi connectivity index (χ3n) is 6.49. The summed E-state index contributed by atoms with van der Waals surface area (Å²) in [5.74, 6) is 0.547. The van der Waals surface area contributed by atoms with E-state index in [9.17, 15) is 9.59 Å². The molecule has 1 atom stereocenters. The largest absolute Gasteiger partial charge is 0.454 e. The predicted octanol–water partition coefficient (Wildman–Crippen LogP) is 3.05. The number of amides is 2. The SMILES string of the molecule is Cc1ccc(Cl)cc1N1CCN(C(=O)CCCN2C(=O)C3C=C4OCOC4=CC3=NC2=S)CC1. The van der Waals surface area contributed by atoms with Crippen LogP contribution in [0.1, 0.15) is 18.4 Å². The molecule has 34 heavy (non-hydrogen) atoms. The summed E-state index contributed by atoms with van der Waals surface area (Å²) in [6, 6.07) is 5.88. The van der Waals surface area contributed by atoms with Crippen LogP contribution < -0.4 is 4.90 Å². The van der Waals surface area contributed by atoms with E-state index < -0.39 is 5.92 Å². The molecule has 3 heterocycles. The summed E-state index contributed by atoms with van der Waals surface area (Å²) in [7, 11) is 0. The molecule has 1 aromatic rings. The normalized spacial score (nSPS) is 21.8. The molecule has 0 radical (unpaired) electrons. The molecule has 2 fully saturated rings. The van der Waals surface area contributed by atoms with E-state index in [0.717, 1.165) is 18.8 Å². The molecule has 0 bridgehead atoms. The first-order valence-corrected chi connectivity index (χ1v) is 12.1. The highest BCUT2D eigenvalue weighted by atomic mass is 35.5. The van der Waals surface area contributed by atoms with Gasteiger partial charge in [0.2, 0.25) is 23.7 Å². The van der Waals surface area contributed by atoms with Crippen LogP contribution in [0, 0.1) is 12.8 Å². The summed E-state index contributed by atoms with van der Waals surface area (Å²) in [5.41, 5.74) is 2.86. The number of halogens is 1. The third kappa shape index (κ3) is 4.42. The van der Waals surface area contributed by atoms with Crippen LogP contribution in [0.5, 0.6) is 0 Å². The van der Waals surface area contributed by atoms with E-state index >= 15 is 0 Å². The lowest BCUT2D eigenvalue weighted by molar-refractivity contribution is -0.132. The van der Waals surface area contributed by atoms with Gasteiger partial charge in [0.1, 0.15) is 5.92 Å². The predicted molar refractivity (Wildman–Crippen MR) is 133 cm³/mol. The molecule has 2 saturated heterocycles. The number of ether oxygens (including phenoxy) is 2. The fraction of sp³-hybridized carbons (Fsp3) is 0.417. The number of nitrogens with zero attached hydrogens (tertiary/aromatic N) is 4. The Kier molecular flexibility index (Phi) is 6.31. The van der Waals surface area contributed by atoms with Gasteiger partial charge in [-0.15, -0.1) is 0 Å². The van der Waals surface area contributed by atoms with Gasteiger partial charge in [0.05, 0.1) is 5.71 Å². The van der Waals surface area contributed by atoms with E-state index in [1.165, 1.54) is 10.5 Å². The minimum atomic E-state index is -0.536. The van der Waals surface area contributed by atoms with Gasteiger partial charge in [-0.05, 0) is 49.3 Å². The van der Waals surface area contributed by atoms with Crippen LogP contribution in [0.4, 0.5) is 5.69 Å². The standard InChI is InChI=1S/C24H25ClN4O4S/c1-15-4-5-16(25)11-19(15)27-7-9-28(10-8-27)22(30)3-2-6-29-23(31)17-12-20-21(33-14-32-20)13-18(17)26-24(29)34/h4-5,11-13,17H,2-3,6-10,14H2,1H3. The summed E-state index contributed by atoms with van der Waals surface area (Å²) in [6.07, 6.45) is 4.31. The second-order valence-corrected chi connectivity index (χ2v) is 9.44. The number of fused-ring (bicyclic) bond motifs is 2. The Morgan fingerprint density at radius 2 is 1.97 bits per heavy atom. The molecule has 0 saturated carbocycles. The van der Waals surface area contributed by atoms with E-state index in [1.807, 2.05) is 23.1 Å². The molecule has 8 nitrogen and oxygen atoms in total. The summed E-state index contributed by atoms with van der Waals surface area (Å²) < 4.78 is 10.8. The molecule has 0 aromatic heterocycles. The number of allylic oxidation sites excluding steroid dienone is 1. The molecular weight excluding hydrogens is 476 g/mol. The van der Waals surface area contributed by atoms with E-state index in [4.69, 9.17) is 33.3 Å². The maximum atomic E-state index is 13.0. The number of carbonyl (C=O) groups excluding carboxylic acids is 2. The average Bonchev–Trinajstić information content (AvgIpc) is 3.29. The number of benzene rings is 1. The molecule has 1 aromatic carbocycles. The lowest BCUT2D eigenvalue weighted by atomic mass is 9.94. The van der Waals surface area contributed by atoms with Crippen LogP contribution in [0.3, 0.4) is 0 Å². The number of rotatable bonds is 5. The number of anilines is 1. The number of hydrogen-bond donors (Lipinski definition) is 0. The van der Waals surface area contributed by atoms with Gasteiger partial charge in [-0.1, -0.05) is 17.7 Å². The van der Waals surface area contributed by atoms with Crippen molar-refractivity contribution < 1.29 is 19.1 Å². The maximum absolute atomic E-state index is 13.0. The molecule has 0 spiro atoms. The topological polar surface area (TPSA) is 74.7 Å². The number of carbonyl (C=O) groups is 2. The average molecular weight is 501 g/mol. The van der Waals surface area contributed by atoms with Gasteiger partial charge < -0.3 is 19.3 Å². The highest BCUT2D eigenvalue weighted by Gasteiger charge is 2.38. The van der Waals surface area contributed by atoms with Gasteiger partial charge in [-0.2, -0.15) is 0 Å². The first-order chi connectivity index (χ1) is 16.4. The Hall–Kier alpha value is -2.91. The number of aryl methyl sites for hydroxylation is 1. The molecule has 5 rings (SSSR count). The zero-order valence-corrected chi connectivity index (χ0v) is 20.4. The number of hydrogen-bond acceptors (Lipinski definition) is 6. The monoisotopic (exact) mass is 500 g/mol. The van der Waals surface area contributed by atoms with Gasteiger partial charge in [-0.3, -0.25) is 14.5 Å². The fourth-order valence-electron chi connectivity index (χ4n) is 4.61. The quantitative estimate of drug-likeness (QED) is 0.578. The highest BCUT2D eigenvalue weighted by molar-refractivity contribution is 7.80. The Morgan fingerprint density at radius 3 is 2.76 bits per heavy atom. The Bertz CT molecular complexity index is 1140. The van der Waals surface area contributed by atoms with Crippen molar-refractivity contribution in [1.82, 2.24) is 9.80 Å². The smallest absolute Gasteiger partial charge is 0.241 e. The fourth-order valence-corrected chi connectivity index (χ4v) is 5.06. The molecule has 0 N–H and O–H groups in total. The summed E-state index contributed by atoms with van der Waals surface area (Å²) >= 11 is 11.5. The molecular formula is C24H25ClN4O4S. The molecule has 3 aliphatic heterocycles. The number of piperazine rings is 1. The molecule has 1 aliphatic carbocycles. The lowest BCUT2D eigenvalue weighted by Crippen LogP contribution is -2.49. The van der Waals surface area contributed by atoms with Gasteiger partial charge in [-0.25, -0.2) is 4.99 Å². The Labute approximate surface area is 208 Å². The van der Waals surface area contributed by atoms with Gasteiger partial charge >= 0.3 is 0 Å². The number of aliphatic imine (C=N–C) groups is 1. The molecule has 178 valence electrons. The van der Waals surface area contributed by atoms with Gasteiger partial charge in [0.15, 0.2) is 11.5 Å². The van der Waals surface area contributed by atoms with Crippen LogP contribution in [0.25, 0.3) is 0 Å². The minimum absolute atomic E-state index is 0.0888. The van der Waals surface area contributed by atoms with Crippen molar-refractivity contribution in [3.8, 4) is 0 Å². The van der Waals surface area contributed by atoms with E-state index in [2.05, 4.69) is 16.8 Å². The first kappa shape index (κ1) is 22.9. The molecule has 2 amide bonds. The summed E-state index contributed by atoms with van der Waals surface area (Å²) in [6.45, 7) is 5.39. The van der Waals surface area contributed by atoms with Crippen molar-refractivity contribution in [2.45, 2.75) is 19.8 Å². The van der Waals surface area contributed by atoms with Gasteiger partial charge in [0, 0.05) is 55.9 Å². The Balaban J connectivity index is 1.13. The van der Waals surface area contributed by atoms with E-state index in [1.54, 1.807) is 12.2 Å². The van der Waals surface area contributed by atoms with Crippen LogP contribution >= 0.6 is 23.8 Å². The lowest BCUT2D eigenvalue weighted by Gasteiger charge is -2.37. The first-order valence-electron chi connectivity index (χ1n) is 11.3. The van der Waals surface area contributed by atoms with E-state index in [0.29, 0.717) is 54.7 Å². The maximum Gasteiger partial charge on any atom is 0.241 e. The molecule has 1 unspecified atom stereocenters. The number of thiocarbonyl (C=S) groups is 1. The highest BCUT2D eigenvalue weighted by Crippen LogP contribution is 2.31.